The molecule has 0 aromatic heterocycles. The highest BCUT2D eigenvalue weighted by Crippen LogP contribution is 2.20. The first kappa shape index (κ1) is 13.4. The first-order valence-electron chi connectivity index (χ1n) is 6.08. The summed E-state index contributed by atoms with van der Waals surface area (Å²) in [5, 5.41) is 24.3. The molecule has 0 radical (unpaired) electrons. The maximum atomic E-state index is 11.5. The van der Waals surface area contributed by atoms with Crippen LogP contribution in [0.3, 0.4) is 0 Å². The zero-order valence-corrected chi connectivity index (χ0v) is 10.4. The molecule has 1 atom stereocenters. The fraction of sp³-hybridized carbons (Fsp3) is 0.385. The van der Waals surface area contributed by atoms with Crippen LogP contribution in [0, 0.1) is 0 Å². The highest BCUT2D eigenvalue weighted by atomic mass is 16.6. The second kappa shape index (κ2) is 6.19. The van der Waals surface area contributed by atoms with E-state index in [4.69, 9.17) is 9.94 Å². The van der Waals surface area contributed by atoms with Crippen molar-refractivity contribution >= 4 is 11.6 Å². The summed E-state index contributed by atoms with van der Waals surface area (Å²) in [4.78, 5) is 16.7. The van der Waals surface area contributed by atoms with E-state index in [1.54, 1.807) is 24.3 Å². The lowest BCUT2D eigenvalue weighted by molar-refractivity contribution is -0.123. The number of hydrogen-bond acceptors (Lipinski definition) is 5. The number of benzene rings is 1. The third-order valence-corrected chi connectivity index (χ3v) is 2.78. The van der Waals surface area contributed by atoms with Crippen LogP contribution in [0.1, 0.15) is 18.4 Å². The monoisotopic (exact) mass is 264 g/mol. The lowest BCUT2D eigenvalue weighted by Crippen LogP contribution is -2.29. The number of oxime groups is 1. The molecular weight excluding hydrogens is 248 g/mol. The summed E-state index contributed by atoms with van der Waals surface area (Å²) in [6, 6.07) is 6.68. The Morgan fingerprint density at radius 2 is 2.16 bits per heavy atom. The van der Waals surface area contributed by atoms with Gasteiger partial charge in [-0.2, -0.15) is 0 Å². The number of phenolic OH excluding ortho intramolecular Hbond substituents is 1. The molecule has 1 aliphatic rings. The minimum absolute atomic E-state index is 0.0769. The number of nitrogens with one attached hydrogen (secondary N) is 1. The van der Waals surface area contributed by atoms with Gasteiger partial charge in [0.05, 0.1) is 18.7 Å². The third kappa shape index (κ3) is 3.69. The molecule has 1 amide bonds. The molecule has 6 nitrogen and oxygen atoms in total. The van der Waals surface area contributed by atoms with E-state index < -0.39 is 0 Å². The lowest BCUT2D eigenvalue weighted by atomic mass is 10.0. The van der Waals surface area contributed by atoms with E-state index in [1.807, 2.05) is 0 Å². The molecule has 19 heavy (non-hydrogen) atoms. The van der Waals surface area contributed by atoms with Gasteiger partial charge in [0.2, 0.25) is 5.91 Å². The van der Waals surface area contributed by atoms with Crippen LogP contribution in [0.15, 0.2) is 29.4 Å². The predicted octanol–water partition coefficient (Wildman–Crippen LogP) is 0.384. The fourth-order valence-electron chi connectivity index (χ4n) is 1.84. The van der Waals surface area contributed by atoms with Crippen LogP contribution in [0.4, 0.5) is 0 Å². The average Bonchev–Trinajstić information content (AvgIpc) is 2.85. The summed E-state index contributed by atoms with van der Waals surface area (Å²) in [6.07, 6.45) is 0.491. The Morgan fingerprint density at radius 1 is 1.42 bits per heavy atom. The van der Waals surface area contributed by atoms with Gasteiger partial charge in [-0.15, -0.1) is 0 Å². The maximum Gasteiger partial charge on any atom is 0.223 e. The molecule has 1 heterocycles. The minimum atomic E-state index is -0.275. The summed E-state index contributed by atoms with van der Waals surface area (Å²) in [5.74, 6) is 0.0319. The lowest BCUT2D eigenvalue weighted by Gasteiger charge is -2.07. The van der Waals surface area contributed by atoms with Crippen molar-refractivity contribution in [1.82, 2.24) is 5.32 Å². The van der Waals surface area contributed by atoms with Crippen molar-refractivity contribution in [2.75, 3.05) is 13.2 Å². The Balaban J connectivity index is 1.85. The van der Waals surface area contributed by atoms with Gasteiger partial charge in [0.1, 0.15) is 11.9 Å². The minimum Gasteiger partial charge on any atom is -0.508 e. The second-order valence-corrected chi connectivity index (χ2v) is 4.29. The van der Waals surface area contributed by atoms with Crippen molar-refractivity contribution in [2.45, 2.75) is 18.9 Å². The Kier molecular flexibility index (Phi) is 4.35. The second-order valence-electron chi connectivity index (χ2n) is 4.29. The van der Waals surface area contributed by atoms with E-state index in [2.05, 4.69) is 10.5 Å². The largest absolute Gasteiger partial charge is 0.508 e. The van der Waals surface area contributed by atoms with Gasteiger partial charge >= 0.3 is 0 Å². The molecule has 0 bridgehead atoms. The molecule has 0 aliphatic carbocycles. The predicted molar refractivity (Wildman–Crippen MR) is 68.8 cm³/mol. The zero-order valence-electron chi connectivity index (χ0n) is 10.4. The van der Waals surface area contributed by atoms with Gasteiger partial charge in [-0.25, -0.2) is 0 Å². The first-order valence-corrected chi connectivity index (χ1v) is 6.08. The zero-order chi connectivity index (χ0) is 13.7. The molecule has 1 aromatic rings. The van der Waals surface area contributed by atoms with Gasteiger partial charge in [0, 0.05) is 13.0 Å². The number of aliphatic hydroxyl groups excluding tert-OH is 1. The summed E-state index contributed by atoms with van der Waals surface area (Å²) >= 11 is 0. The van der Waals surface area contributed by atoms with E-state index in [-0.39, 0.29) is 37.3 Å². The number of rotatable bonds is 5. The van der Waals surface area contributed by atoms with Crippen molar-refractivity contribution in [3.8, 4) is 5.75 Å². The van der Waals surface area contributed by atoms with Crippen molar-refractivity contribution in [1.29, 1.82) is 0 Å². The van der Waals surface area contributed by atoms with Crippen LogP contribution < -0.4 is 5.32 Å². The molecule has 102 valence electrons. The molecule has 1 aliphatic heterocycles. The third-order valence-electron chi connectivity index (χ3n) is 2.78. The van der Waals surface area contributed by atoms with Crippen LogP contribution in [0.5, 0.6) is 5.75 Å². The number of aromatic hydroxyl groups is 1. The van der Waals surface area contributed by atoms with E-state index >= 15 is 0 Å². The molecular formula is C13H16N2O4. The molecule has 3 N–H and O–H groups in total. The molecule has 1 aromatic carbocycles. The summed E-state index contributed by atoms with van der Waals surface area (Å²) in [5.41, 5.74) is 1.64. The maximum absolute atomic E-state index is 11.5. The van der Waals surface area contributed by atoms with E-state index in [0.29, 0.717) is 6.42 Å². The topological polar surface area (TPSA) is 91.2 Å². The smallest absolute Gasteiger partial charge is 0.223 e. The number of nitrogens with zero attached hydrogens (tertiary/aromatic N) is 1. The van der Waals surface area contributed by atoms with E-state index in [1.165, 1.54) is 0 Å². The van der Waals surface area contributed by atoms with Crippen LogP contribution in [0.25, 0.3) is 0 Å². The van der Waals surface area contributed by atoms with Gasteiger partial charge in [-0.1, -0.05) is 5.16 Å². The van der Waals surface area contributed by atoms with Gasteiger partial charge in [-0.3, -0.25) is 4.79 Å². The van der Waals surface area contributed by atoms with E-state index in [9.17, 15) is 9.90 Å². The number of phenols is 1. The number of carbonyl (C=O) groups excluding carboxylic acids is 1. The number of aliphatic hydroxyl groups is 1. The average molecular weight is 264 g/mol. The number of carbonyl (C=O) groups is 1. The van der Waals surface area contributed by atoms with Crippen molar-refractivity contribution in [3.05, 3.63) is 29.8 Å². The summed E-state index contributed by atoms with van der Waals surface area (Å²) < 4.78 is 0. The van der Waals surface area contributed by atoms with Crippen molar-refractivity contribution in [2.24, 2.45) is 5.16 Å². The van der Waals surface area contributed by atoms with Gasteiger partial charge in [0.25, 0.3) is 0 Å². The molecule has 2 rings (SSSR count). The Hall–Kier alpha value is -2.08. The van der Waals surface area contributed by atoms with Crippen LogP contribution in [-0.2, 0) is 9.63 Å². The first-order chi connectivity index (χ1) is 9.19. The molecule has 0 fully saturated rings. The Bertz CT molecular complexity index is 470. The SMILES string of the molecule is O=C(CC1CC(c2ccc(O)cc2)=NO1)NCCO. The van der Waals surface area contributed by atoms with Gasteiger partial charge in [-0.05, 0) is 29.8 Å². The highest BCUT2D eigenvalue weighted by molar-refractivity contribution is 6.01. The molecule has 0 saturated heterocycles. The quantitative estimate of drug-likeness (QED) is 0.717. The molecule has 1 unspecified atom stereocenters. The molecule has 6 heteroatoms. The van der Waals surface area contributed by atoms with Crippen molar-refractivity contribution in [3.63, 3.8) is 0 Å². The molecule has 0 spiro atoms. The number of hydrogen-bond donors (Lipinski definition) is 3. The Morgan fingerprint density at radius 3 is 2.84 bits per heavy atom. The Labute approximate surface area is 110 Å². The highest BCUT2D eigenvalue weighted by Gasteiger charge is 2.24. The molecule has 0 saturated carbocycles. The fourth-order valence-corrected chi connectivity index (χ4v) is 1.84. The number of amides is 1. The normalized spacial score (nSPS) is 17.7. The summed E-state index contributed by atoms with van der Waals surface area (Å²) in [6.45, 7) is 0.170. The van der Waals surface area contributed by atoms with Crippen LogP contribution >= 0.6 is 0 Å². The van der Waals surface area contributed by atoms with E-state index in [0.717, 1.165) is 11.3 Å². The van der Waals surface area contributed by atoms with Gasteiger partial charge < -0.3 is 20.4 Å². The van der Waals surface area contributed by atoms with Gasteiger partial charge in [0.15, 0.2) is 0 Å². The van der Waals surface area contributed by atoms with Crippen LogP contribution in [0.2, 0.25) is 0 Å². The van der Waals surface area contributed by atoms with Crippen LogP contribution in [-0.4, -0.2) is 41.1 Å². The standard InChI is InChI=1S/C13H16N2O4/c16-6-5-14-13(18)8-11-7-12(15-19-11)9-1-3-10(17)4-2-9/h1-4,11,16-17H,5-8H2,(H,14,18). The van der Waals surface area contributed by atoms with Crippen molar-refractivity contribution < 1.29 is 19.8 Å². The summed E-state index contributed by atoms with van der Waals surface area (Å²) in [7, 11) is 0.